The molecule has 2 fully saturated rings. The number of hydrogen-bond acceptors (Lipinski definition) is 9. The molecule has 13 nitrogen and oxygen atoms in total. The second-order valence-corrected chi connectivity index (χ2v) is 16.0. The lowest BCUT2D eigenvalue weighted by Gasteiger charge is -2.43. The van der Waals surface area contributed by atoms with Crippen LogP contribution in [0.15, 0.2) is 41.4 Å². The van der Waals surface area contributed by atoms with E-state index in [1.165, 1.54) is 11.0 Å². The number of amides is 3. The molecule has 0 radical (unpaired) electrons. The Balaban J connectivity index is 1.38. The zero-order chi connectivity index (χ0) is 34.8. The van der Waals surface area contributed by atoms with Gasteiger partial charge < -0.3 is 20.7 Å². The Kier molecular flexibility index (Phi) is 10.8. The predicted molar refractivity (Wildman–Crippen MR) is 177 cm³/mol. The zero-order valence-corrected chi connectivity index (χ0v) is 29.0. The number of halogens is 1. The Labute approximate surface area is 286 Å². The minimum absolute atomic E-state index is 0.0315. The highest BCUT2D eigenvalue weighted by Crippen LogP contribution is 2.32. The summed E-state index contributed by atoms with van der Waals surface area (Å²) in [5.41, 5.74) is 6.06. The SMILES string of the molecule is CC(C)(C)[C@H](NS(=O)(=O)c1ccc2c(c1)CCO2)C(=O)N1CCN(Cc2ccc(Cl)nc2)[C@@H](C(=O)NC(CC2CCC2)C(=O)C(N)=O)C1. The number of hydrogen-bond donors (Lipinski definition) is 3. The summed E-state index contributed by atoms with van der Waals surface area (Å²) >= 11 is 5.98. The van der Waals surface area contributed by atoms with E-state index in [4.69, 9.17) is 22.1 Å². The van der Waals surface area contributed by atoms with Gasteiger partial charge in [-0.15, -0.1) is 0 Å². The van der Waals surface area contributed by atoms with Gasteiger partial charge in [0.2, 0.25) is 27.6 Å². The van der Waals surface area contributed by atoms with Crippen molar-refractivity contribution in [1.29, 1.82) is 0 Å². The van der Waals surface area contributed by atoms with Gasteiger partial charge in [-0.05, 0) is 53.1 Å². The fourth-order valence-electron chi connectivity index (χ4n) is 6.26. The Morgan fingerprint density at radius 1 is 1.12 bits per heavy atom. The highest BCUT2D eigenvalue weighted by molar-refractivity contribution is 7.89. The first-order valence-electron chi connectivity index (χ1n) is 16.2. The number of pyridine rings is 1. The van der Waals surface area contributed by atoms with Gasteiger partial charge in [-0.1, -0.05) is 57.7 Å². The van der Waals surface area contributed by atoms with Gasteiger partial charge in [-0.2, -0.15) is 4.72 Å². The van der Waals surface area contributed by atoms with Crippen LogP contribution in [0.1, 0.15) is 57.6 Å². The molecule has 48 heavy (non-hydrogen) atoms. The summed E-state index contributed by atoms with van der Waals surface area (Å²) in [5, 5.41) is 3.08. The number of benzene rings is 1. The topological polar surface area (TPSA) is 181 Å². The van der Waals surface area contributed by atoms with Crippen LogP contribution in [0.3, 0.4) is 0 Å². The quantitative estimate of drug-likeness (QED) is 0.220. The minimum atomic E-state index is -4.12. The zero-order valence-electron chi connectivity index (χ0n) is 27.4. The molecular weight excluding hydrogens is 660 g/mol. The van der Waals surface area contributed by atoms with Crippen molar-refractivity contribution in [3.8, 4) is 5.75 Å². The molecular formula is C33H43ClN6O7S. The van der Waals surface area contributed by atoms with Gasteiger partial charge in [-0.25, -0.2) is 13.4 Å². The summed E-state index contributed by atoms with van der Waals surface area (Å²) in [4.78, 5) is 60.3. The molecule has 260 valence electrons. The highest BCUT2D eigenvalue weighted by Gasteiger charge is 2.43. The van der Waals surface area contributed by atoms with Crippen LogP contribution in [0.2, 0.25) is 5.15 Å². The normalized spacial score (nSPS) is 19.8. The van der Waals surface area contributed by atoms with Crippen LogP contribution >= 0.6 is 11.6 Å². The summed E-state index contributed by atoms with van der Waals surface area (Å²) in [5.74, 6) is -2.19. The van der Waals surface area contributed by atoms with Crippen molar-refractivity contribution in [2.75, 3.05) is 26.2 Å². The van der Waals surface area contributed by atoms with Crippen LogP contribution in [0, 0.1) is 11.3 Å². The third kappa shape index (κ3) is 8.33. The van der Waals surface area contributed by atoms with Crippen molar-refractivity contribution in [2.24, 2.45) is 17.1 Å². The standard InChI is InChI=1S/C33H43ClN6O7S/c1-33(2,3)29(38-48(45,46)23-8-9-26-22(16-23)11-14-47-26)32(44)40-13-12-39(18-21-7-10-27(34)36-17-21)25(19-40)31(43)37-24(28(41)30(35)42)15-20-5-4-6-20/h7-10,16-17,20,24-25,29,38H,4-6,11-15,18-19H2,1-3H3,(H2,35,42)(H,37,43)/t24?,25-,29-/m1/s1. The van der Waals surface area contributed by atoms with Crippen LogP contribution in [0.5, 0.6) is 5.75 Å². The van der Waals surface area contributed by atoms with E-state index < -0.39 is 57.1 Å². The molecule has 1 aromatic carbocycles. The third-order valence-corrected chi connectivity index (χ3v) is 11.0. The molecule has 1 saturated heterocycles. The number of aromatic nitrogens is 1. The summed E-state index contributed by atoms with van der Waals surface area (Å²) in [6, 6.07) is 4.87. The van der Waals surface area contributed by atoms with Crippen molar-refractivity contribution in [3.63, 3.8) is 0 Å². The van der Waals surface area contributed by atoms with Crippen LogP contribution in [0.4, 0.5) is 0 Å². The number of ketones is 1. The molecule has 1 aromatic heterocycles. The number of nitrogens with one attached hydrogen (secondary N) is 2. The first kappa shape index (κ1) is 35.7. The Morgan fingerprint density at radius 3 is 2.50 bits per heavy atom. The molecule has 3 aliphatic rings. The Hall–Kier alpha value is -3.59. The molecule has 2 aliphatic heterocycles. The molecule has 15 heteroatoms. The summed E-state index contributed by atoms with van der Waals surface area (Å²) < 4.78 is 35.4. The predicted octanol–water partition coefficient (Wildman–Crippen LogP) is 1.81. The number of nitrogens with zero attached hydrogens (tertiary/aromatic N) is 3. The number of sulfonamides is 1. The van der Waals surface area contributed by atoms with E-state index in [1.807, 2.05) is 4.90 Å². The average molecular weight is 703 g/mol. The van der Waals surface area contributed by atoms with Gasteiger partial charge in [-0.3, -0.25) is 24.1 Å². The van der Waals surface area contributed by atoms with E-state index >= 15 is 0 Å². The van der Waals surface area contributed by atoms with Crippen molar-refractivity contribution in [2.45, 2.75) is 82.4 Å². The van der Waals surface area contributed by atoms with Crippen LogP contribution < -0.4 is 20.5 Å². The monoisotopic (exact) mass is 702 g/mol. The lowest BCUT2D eigenvalue weighted by Crippen LogP contribution is -2.64. The number of nitrogens with two attached hydrogens (primary N) is 1. The molecule has 5 rings (SSSR count). The number of carbonyl (C=O) groups is 4. The van der Waals surface area contributed by atoms with Crippen molar-refractivity contribution < 1.29 is 32.3 Å². The Morgan fingerprint density at radius 2 is 1.88 bits per heavy atom. The van der Waals surface area contributed by atoms with E-state index in [9.17, 15) is 27.6 Å². The van der Waals surface area contributed by atoms with E-state index in [-0.39, 0.29) is 30.4 Å². The molecule has 3 atom stereocenters. The minimum Gasteiger partial charge on any atom is -0.493 e. The number of ether oxygens (including phenoxy) is 1. The maximum atomic E-state index is 14.2. The lowest BCUT2D eigenvalue weighted by atomic mass is 9.80. The van der Waals surface area contributed by atoms with Gasteiger partial charge in [0.25, 0.3) is 5.91 Å². The fourth-order valence-corrected chi connectivity index (χ4v) is 7.82. The molecule has 1 aliphatic carbocycles. The molecule has 1 saturated carbocycles. The molecule has 3 amide bonds. The Bertz CT molecular complexity index is 1660. The van der Waals surface area contributed by atoms with Crippen LogP contribution in [0.25, 0.3) is 0 Å². The van der Waals surface area contributed by atoms with Crippen LogP contribution in [-0.4, -0.2) is 91.1 Å². The molecule has 0 bridgehead atoms. The smallest absolute Gasteiger partial charge is 0.287 e. The molecule has 2 aromatic rings. The van der Waals surface area contributed by atoms with E-state index in [1.54, 1.807) is 51.2 Å². The number of carbonyl (C=O) groups excluding carboxylic acids is 4. The van der Waals surface area contributed by atoms with Crippen molar-refractivity contribution in [3.05, 3.63) is 52.8 Å². The summed E-state index contributed by atoms with van der Waals surface area (Å²) in [6.45, 7) is 6.45. The van der Waals surface area contributed by atoms with Gasteiger partial charge in [0.1, 0.15) is 23.0 Å². The number of fused-ring (bicyclic) bond motifs is 1. The average Bonchev–Trinajstić information content (AvgIpc) is 3.49. The molecule has 3 heterocycles. The van der Waals surface area contributed by atoms with E-state index in [2.05, 4.69) is 15.0 Å². The number of rotatable bonds is 12. The number of Topliss-reactive ketones (excluding diaryl/α,β-unsaturated/α-hetero) is 1. The number of primary amides is 1. The second-order valence-electron chi connectivity index (χ2n) is 13.9. The van der Waals surface area contributed by atoms with Gasteiger partial charge >= 0.3 is 0 Å². The van der Waals surface area contributed by atoms with Gasteiger partial charge in [0, 0.05) is 38.8 Å². The van der Waals surface area contributed by atoms with Crippen molar-refractivity contribution >= 4 is 45.1 Å². The highest BCUT2D eigenvalue weighted by atomic mass is 35.5. The summed E-state index contributed by atoms with van der Waals surface area (Å²) in [7, 11) is -4.12. The summed E-state index contributed by atoms with van der Waals surface area (Å²) in [6.07, 6.45) is 5.28. The fraction of sp³-hybridized carbons (Fsp3) is 0.545. The maximum absolute atomic E-state index is 14.2. The van der Waals surface area contributed by atoms with Crippen molar-refractivity contribution in [1.82, 2.24) is 24.8 Å². The first-order chi connectivity index (χ1) is 22.6. The molecule has 1 unspecified atom stereocenters. The van der Waals surface area contributed by atoms with Gasteiger partial charge in [0.15, 0.2) is 0 Å². The van der Waals surface area contributed by atoms with Crippen LogP contribution in [-0.2, 0) is 42.2 Å². The lowest BCUT2D eigenvalue weighted by molar-refractivity contribution is -0.143. The molecule has 0 spiro atoms. The van der Waals surface area contributed by atoms with E-state index in [0.717, 1.165) is 30.4 Å². The second kappa shape index (κ2) is 14.5. The van der Waals surface area contributed by atoms with Gasteiger partial charge in [0.05, 0.1) is 17.5 Å². The largest absolute Gasteiger partial charge is 0.493 e. The third-order valence-electron chi connectivity index (χ3n) is 9.31. The number of piperazine rings is 1. The first-order valence-corrected chi connectivity index (χ1v) is 18.0. The maximum Gasteiger partial charge on any atom is 0.287 e. The van der Waals surface area contributed by atoms with E-state index in [0.29, 0.717) is 36.9 Å². The molecule has 4 N–H and O–H groups in total.